The van der Waals surface area contributed by atoms with Crippen molar-refractivity contribution in [2.75, 3.05) is 0 Å². The van der Waals surface area contributed by atoms with Crippen LogP contribution < -0.4 is 5.73 Å². The summed E-state index contributed by atoms with van der Waals surface area (Å²) < 4.78 is 0. The summed E-state index contributed by atoms with van der Waals surface area (Å²) in [7, 11) is 0. The molecule has 7 nitrogen and oxygen atoms in total. The van der Waals surface area contributed by atoms with Crippen LogP contribution in [0.4, 0.5) is 5.69 Å². The Bertz CT molecular complexity index is 999. The highest BCUT2D eigenvalue weighted by atomic mass is 16.7. The monoisotopic (exact) mass is 361 g/mol. The predicted molar refractivity (Wildman–Crippen MR) is 101 cm³/mol. The smallest absolute Gasteiger partial charge is 0.366 e. The van der Waals surface area contributed by atoms with Crippen molar-refractivity contribution in [3.63, 3.8) is 0 Å². The Morgan fingerprint density at radius 2 is 1.56 bits per heavy atom. The minimum atomic E-state index is -0.653. The van der Waals surface area contributed by atoms with Gasteiger partial charge in [-0.3, -0.25) is 10.1 Å². The summed E-state index contributed by atoms with van der Waals surface area (Å²) in [6.45, 7) is 0. The average Bonchev–Trinajstić information content (AvgIpc) is 2.72. The van der Waals surface area contributed by atoms with Crippen LogP contribution >= 0.6 is 0 Å². The van der Waals surface area contributed by atoms with Gasteiger partial charge in [-0.1, -0.05) is 53.7 Å². The second-order valence-electron chi connectivity index (χ2n) is 5.57. The highest BCUT2D eigenvalue weighted by molar-refractivity contribution is 6.00. The fraction of sp³-hybridized carbons (Fsp3) is 0. The van der Waals surface area contributed by atoms with Crippen LogP contribution in [0.1, 0.15) is 15.9 Å². The minimum Gasteiger partial charge on any atom is -0.380 e. The van der Waals surface area contributed by atoms with Crippen LogP contribution in [0.2, 0.25) is 0 Å². The van der Waals surface area contributed by atoms with E-state index in [4.69, 9.17) is 10.6 Å². The molecule has 3 aromatic rings. The molecule has 0 heterocycles. The molecule has 0 aliphatic heterocycles. The Hall–Kier alpha value is -4.00. The zero-order chi connectivity index (χ0) is 19.2. The number of hydrogen-bond acceptors (Lipinski definition) is 5. The molecule has 27 heavy (non-hydrogen) atoms. The van der Waals surface area contributed by atoms with Crippen molar-refractivity contribution >= 4 is 17.5 Å². The fourth-order valence-electron chi connectivity index (χ4n) is 2.48. The van der Waals surface area contributed by atoms with Gasteiger partial charge in [-0.15, -0.1) is 0 Å². The first-order valence-electron chi connectivity index (χ1n) is 8.00. The first-order chi connectivity index (χ1) is 13.1. The second-order valence-corrected chi connectivity index (χ2v) is 5.57. The zero-order valence-electron chi connectivity index (χ0n) is 14.1. The van der Waals surface area contributed by atoms with Gasteiger partial charge in [-0.25, -0.2) is 4.79 Å². The van der Waals surface area contributed by atoms with Crippen molar-refractivity contribution in [3.05, 3.63) is 100 Å². The van der Waals surface area contributed by atoms with Gasteiger partial charge in [0.2, 0.25) is 0 Å². The molecule has 3 rings (SSSR count). The van der Waals surface area contributed by atoms with Crippen molar-refractivity contribution in [2.24, 2.45) is 10.9 Å². The van der Waals surface area contributed by atoms with Gasteiger partial charge in [0, 0.05) is 17.7 Å². The lowest BCUT2D eigenvalue weighted by Gasteiger charge is -2.07. The van der Waals surface area contributed by atoms with Gasteiger partial charge < -0.3 is 10.6 Å². The summed E-state index contributed by atoms with van der Waals surface area (Å²) in [6.07, 6.45) is 0. The molecular formula is C20H15N3O4. The minimum absolute atomic E-state index is 0.0598. The highest BCUT2D eigenvalue weighted by Crippen LogP contribution is 2.24. The van der Waals surface area contributed by atoms with E-state index in [1.54, 1.807) is 12.1 Å². The van der Waals surface area contributed by atoms with E-state index >= 15 is 0 Å². The Balaban J connectivity index is 1.80. The number of non-ortho nitro benzene ring substituents is 1. The van der Waals surface area contributed by atoms with E-state index in [1.807, 2.05) is 42.5 Å². The molecular weight excluding hydrogens is 346 g/mol. The maximum atomic E-state index is 12.4. The molecule has 0 atom stereocenters. The van der Waals surface area contributed by atoms with Crippen LogP contribution in [0.25, 0.3) is 11.1 Å². The maximum absolute atomic E-state index is 12.4. The molecule has 0 saturated carbocycles. The summed E-state index contributed by atoms with van der Waals surface area (Å²) in [5, 5.41) is 14.3. The van der Waals surface area contributed by atoms with Crippen molar-refractivity contribution in [2.45, 2.75) is 0 Å². The molecule has 0 unspecified atom stereocenters. The van der Waals surface area contributed by atoms with Crippen LogP contribution in [0, 0.1) is 10.1 Å². The fourth-order valence-corrected chi connectivity index (χ4v) is 2.48. The number of nitro groups is 1. The molecule has 2 N–H and O–H groups in total. The number of oxime groups is 1. The molecule has 7 heteroatoms. The largest absolute Gasteiger partial charge is 0.380 e. The zero-order valence-corrected chi connectivity index (χ0v) is 14.1. The van der Waals surface area contributed by atoms with Gasteiger partial charge in [-0.2, -0.15) is 0 Å². The van der Waals surface area contributed by atoms with Gasteiger partial charge in [-0.05, 0) is 29.3 Å². The van der Waals surface area contributed by atoms with Crippen molar-refractivity contribution in [3.8, 4) is 11.1 Å². The van der Waals surface area contributed by atoms with Gasteiger partial charge in [0.25, 0.3) is 5.69 Å². The summed E-state index contributed by atoms with van der Waals surface area (Å²) >= 11 is 0. The molecule has 0 saturated heterocycles. The number of nitrogens with zero attached hydrogens (tertiary/aromatic N) is 2. The van der Waals surface area contributed by atoms with E-state index < -0.39 is 10.9 Å². The third-order valence-electron chi connectivity index (χ3n) is 3.83. The van der Waals surface area contributed by atoms with Gasteiger partial charge >= 0.3 is 5.97 Å². The molecule has 0 aliphatic rings. The number of carbonyl (C=O) groups excluding carboxylic acids is 1. The van der Waals surface area contributed by atoms with Crippen molar-refractivity contribution in [1.82, 2.24) is 0 Å². The molecule has 0 bridgehead atoms. The Labute approximate surface area is 154 Å². The summed E-state index contributed by atoms with van der Waals surface area (Å²) in [5.41, 5.74) is 8.08. The Kier molecular flexibility index (Phi) is 5.22. The number of nitro benzene ring substituents is 1. The van der Waals surface area contributed by atoms with E-state index in [0.717, 1.165) is 5.56 Å². The van der Waals surface area contributed by atoms with Gasteiger partial charge in [0.05, 0.1) is 10.5 Å². The molecule has 0 aliphatic carbocycles. The predicted octanol–water partition coefficient (Wildman–Crippen LogP) is 3.74. The second kappa shape index (κ2) is 7.92. The number of benzene rings is 3. The van der Waals surface area contributed by atoms with E-state index in [0.29, 0.717) is 16.7 Å². The third-order valence-corrected chi connectivity index (χ3v) is 3.83. The lowest BCUT2D eigenvalue weighted by atomic mass is 10.00. The summed E-state index contributed by atoms with van der Waals surface area (Å²) in [6, 6.07) is 21.9. The van der Waals surface area contributed by atoms with Gasteiger partial charge in [0.15, 0.2) is 5.84 Å². The average molecular weight is 361 g/mol. The Morgan fingerprint density at radius 3 is 2.22 bits per heavy atom. The van der Waals surface area contributed by atoms with E-state index in [-0.39, 0.29) is 11.5 Å². The third kappa shape index (κ3) is 4.16. The molecule has 0 fully saturated rings. The maximum Gasteiger partial charge on any atom is 0.366 e. The number of hydrogen-bond donors (Lipinski definition) is 1. The number of nitrogens with two attached hydrogens (primary N) is 1. The Morgan fingerprint density at radius 1 is 0.926 bits per heavy atom. The topological polar surface area (TPSA) is 108 Å². The van der Waals surface area contributed by atoms with E-state index in [9.17, 15) is 14.9 Å². The van der Waals surface area contributed by atoms with Crippen LogP contribution in [0.3, 0.4) is 0 Å². The van der Waals surface area contributed by atoms with E-state index in [1.165, 1.54) is 24.3 Å². The van der Waals surface area contributed by atoms with Crippen LogP contribution in [-0.2, 0) is 4.84 Å². The summed E-state index contributed by atoms with van der Waals surface area (Å²) in [5.74, 6) is -0.713. The lowest BCUT2D eigenvalue weighted by Crippen LogP contribution is -2.15. The number of rotatable bonds is 5. The number of amidine groups is 1. The summed E-state index contributed by atoms with van der Waals surface area (Å²) in [4.78, 5) is 27.6. The van der Waals surface area contributed by atoms with Crippen molar-refractivity contribution in [1.29, 1.82) is 0 Å². The molecule has 3 aromatic carbocycles. The normalized spacial score (nSPS) is 11.0. The lowest BCUT2D eigenvalue weighted by molar-refractivity contribution is -0.384. The molecule has 0 radical (unpaired) electrons. The van der Waals surface area contributed by atoms with E-state index in [2.05, 4.69) is 5.16 Å². The van der Waals surface area contributed by atoms with Crippen LogP contribution in [0.15, 0.2) is 84.0 Å². The molecule has 0 spiro atoms. The highest BCUT2D eigenvalue weighted by Gasteiger charge is 2.14. The number of carbonyl (C=O) groups is 1. The van der Waals surface area contributed by atoms with Crippen molar-refractivity contribution < 1.29 is 14.6 Å². The van der Waals surface area contributed by atoms with Crippen LogP contribution in [0.5, 0.6) is 0 Å². The molecule has 0 amide bonds. The first-order valence-corrected chi connectivity index (χ1v) is 8.00. The van der Waals surface area contributed by atoms with Crippen LogP contribution in [-0.4, -0.2) is 16.7 Å². The SMILES string of the molecule is NC(=NOC(=O)c1ccccc1-c1ccccc1)c1ccc([N+](=O)[O-])cc1. The van der Waals surface area contributed by atoms with Gasteiger partial charge in [0.1, 0.15) is 0 Å². The molecule has 0 aromatic heterocycles. The first kappa shape index (κ1) is 17.8. The quantitative estimate of drug-likeness (QED) is 0.245. The standard InChI is InChI=1S/C20H15N3O4/c21-19(15-10-12-16(13-11-15)23(25)26)22-27-20(24)18-9-5-4-8-17(18)14-6-2-1-3-7-14/h1-13H,(H2,21,22). The molecule has 134 valence electrons.